The van der Waals surface area contributed by atoms with Crippen LogP contribution in [0.3, 0.4) is 0 Å². The molecule has 1 heterocycles. The number of hydrazone groups is 1. The Morgan fingerprint density at radius 3 is 2.62 bits per heavy atom. The lowest BCUT2D eigenvalue weighted by Gasteiger charge is -2.11. The zero-order valence-corrected chi connectivity index (χ0v) is 20.1. The van der Waals surface area contributed by atoms with Gasteiger partial charge in [-0.1, -0.05) is 47.5 Å². The maximum absolute atomic E-state index is 12.5. The predicted octanol–water partition coefficient (Wildman–Crippen LogP) is 6.49. The summed E-state index contributed by atoms with van der Waals surface area (Å²) < 4.78 is 11.3. The SMILES string of the molecule is CCOc1cc(/C=N\Nc2nc(-c3ccc(C)cc3)cs2)ccc1OC(=O)c1cccc(C)c1. The summed E-state index contributed by atoms with van der Waals surface area (Å²) in [6.45, 7) is 6.31. The van der Waals surface area contributed by atoms with Crippen molar-refractivity contribution in [2.24, 2.45) is 5.10 Å². The molecule has 6 nitrogen and oxygen atoms in total. The molecular weight excluding hydrogens is 446 g/mol. The van der Waals surface area contributed by atoms with Gasteiger partial charge < -0.3 is 9.47 Å². The van der Waals surface area contributed by atoms with Crippen molar-refractivity contribution in [2.75, 3.05) is 12.0 Å². The number of hydrogen-bond acceptors (Lipinski definition) is 7. The van der Waals surface area contributed by atoms with Gasteiger partial charge >= 0.3 is 5.97 Å². The average Bonchev–Trinajstić information content (AvgIpc) is 3.30. The highest BCUT2D eigenvalue weighted by Gasteiger charge is 2.13. The van der Waals surface area contributed by atoms with Crippen LogP contribution in [0.5, 0.6) is 11.5 Å². The molecule has 3 aromatic carbocycles. The molecule has 172 valence electrons. The van der Waals surface area contributed by atoms with Gasteiger partial charge in [-0.05, 0) is 56.7 Å². The number of carbonyl (C=O) groups excluding carboxylic acids is 1. The minimum atomic E-state index is -0.430. The minimum absolute atomic E-state index is 0.362. The van der Waals surface area contributed by atoms with Crippen LogP contribution in [0.2, 0.25) is 0 Å². The van der Waals surface area contributed by atoms with Crippen LogP contribution in [0.4, 0.5) is 5.13 Å². The van der Waals surface area contributed by atoms with E-state index in [4.69, 9.17) is 9.47 Å². The maximum Gasteiger partial charge on any atom is 0.343 e. The van der Waals surface area contributed by atoms with Crippen molar-refractivity contribution in [2.45, 2.75) is 20.8 Å². The number of nitrogens with zero attached hydrogens (tertiary/aromatic N) is 2. The Labute approximate surface area is 202 Å². The van der Waals surface area contributed by atoms with Crippen molar-refractivity contribution in [3.63, 3.8) is 0 Å². The summed E-state index contributed by atoms with van der Waals surface area (Å²) in [5, 5.41) is 6.98. The molecular formula is C27H25N3O3S. The standard InChI is InChI=1S/C27H25N3O3S/c1-4-32-25-15-20(10-13-24(25)33-26(31)22-7-5-6-19(3)14-22)16-28-30-27-29-23(17-34-27)21-11-8-18(2)9-12-21/h5-17H,4H2,1-3H3,(H,29,30)/b28-16-. The molecule has 0 aliphatic heterocycles. The van der Waals surface area contributed by atoms with Crippen LogP contribution < -0.4 is 14.9 Å². The van der Waals surface area contributed by atoms with E-state index in [9.17, 15) is 4.79 Å². The predicted molar refractivity (Wildman–Crippen MR) is 137 cm³/mol. The Kier molecular flexibility index (Phi) is 7.34. The minimum Gasteiger partial charge on any atom is -0.490 e. The average molecular weight is 472 g/mol. The van der Waals surface area contributed by atoms with Crippen molar-refractivity contribution in [1.82, 2.24) is 4.98 Å². The summed E-state index contributed by atoms with van der Waals surface area (Å²) in [4.78, 5) is 17.1. The summed E-state index contributed by atoms with van der Waals surface area (Å²) in [5.41, 5.74) is 8.43. The number of thiazole rings is 1. The lowest BCUT2D eigenvalue weighted by molar-refractivity contribution is 0.0728. The Hall–Kier alpha value is -3.97. The number of aryl methyl sites for hydroxylation is 2. The molecule has 4 rings (SSSR count). The molecule has 7 heteroatoms. The number of anilines is 1. The van der Waals surface area contributed by atoms with E-state index in [1.54, 1.807) is 30.5 Å². The Morgan fingerprint density at radius 1 is 1.03 bits per heavy atom. The van der Waals surface area contributed by atoms with E-state index in [2.05, 4.69) is 46.7 Å². The van der Waals surface area contributed by atoms with Crippen LogP contribution in [-0.4, -0.2) is 23.8 Å². The highest BCUT2D eigenvalue weighted by Crippen LogP contribution is 2.29. The zero-order chi connectivity index (χ0) is 23.9. The van der Waals surface area contributed by atoms with Crippen molar-refractivity contribution in [3.8, 4) is 22.8 Å². The number of rotatable bonds is 8. The first-order valence-electron chi connectivity index (χ1n) is 10.9. The van der Waals surface area contributed by atoms with Crippen molar-refractivity contribution in [3.05, 3.63) is 94.4 Å². The molecule has 34 heavy (non-hydrogen) atoms. The van der Waals surface area contributed by atoms with Gasteiger partial charge in [0.1, 0.15) is 0 Å². The van der Waals surface area contributed by atoms with Gasteiger partial charge in [0, 0.05) is 10.9 Å². The third-order valence-corrected chi connectivity index (χ3v) is 5.70. The van der Waals surface area contributed by atoms with Crippen LogP contribution in [0, 0.1) is 13.8 Å². The van der Waals surface area contributed by atoms with Crippen molar-refractivity contribution < 1.29 is 14.3 Å². The van der Waals surface area contributed by atoms with E-state index in [0.29, 0.717) is 28.8 Å². The van der Waals surface area contributed by atoms with Gasteiger partial charge in [-0.25, -0.2) is 9.78 Å². The summed E-state index contributed by atoms with van der Waals surface area (Å²) in [6.07, 6.45) is 1.67. The van der Waals surface area contributed by atoms with Gasteiger partial charge in [0.15, 0.2) is 11.5 Å². The number of carbonyl (C=O) groups is 1. The molecule has 0 unspecified atom stereocenters. The van der Waals surface area contributed by atoms with E-state index in [1.807, 2.05) is 37.4 Å². The van der Waals surface area contributed by atoms with Gasteiger partial charge in [-0.15, -0.1) is 11.3 Å². The Balaban J connectivity index is 1.43. The van der Waals surface area contributed by atoms with E-state index >= 15 is 0 Å². The van der Waals surface area contributed by atoms with Crippen LogP contribution in [-0.2, 0) is 0 Å². The molecule has 0 saturated carbocycles. The fraction of sp³-hybridized carbons (Fsp3) is 0.148. The fourth-order valence-corrected chi connectivity index (χ4v) is 3.90. The van der Waals surface area contributed by atoms with Crippen LogP contribution in [0.25, 0.3) is 11.3 Å². The monoisotopic (exact) mass is 471 g/mol. The molecule has 0 saturated heterocycles. The summed E-state index contributed by atoms with van der Waals surface area (Å²) in [5.74, 6) is 0.408. The Morgan fingerprint density at radius 2 is 1.85 bits per heavy atom. The second-order valence-electron chi connectivity index (χ2n) is 7.67. The first-order valence-corrected chi connectivity index (χ1v) is 11.8. The molecule has 0 amide bonds. The van der Waals surface area contributed by atoms with Crippen LogP contribution >= 0.6 is 11.3 Å². The molecule has 0 atom stereocenters. The third kappa shape index (κ3) is 5.88. The quantitative estimate of drug-likeness (QED) is 0.138. The lowest BCUT2D eigenvalue weighted by atomic mass is 10.1. The van der Waals surface area contributed by atoms with Gasteiger partial charge in [-0.2, -0.15) is 5.10 Å². The van der Waals surface area contributed by atoms with Gasteiger partial charge in [0.05, 0.1) is 24.1 Å². The zero-order valence-electron chi connectivity index (χ0n) is 19.2. The highest BCUT2D eigenvalue weighted by molar-refractivity contribution is 7.14. The molecule has 0 spiro atoms. The highest BCUT2D eigenvalue weighted by atomic mass is 32.1. The molecule has 0 aliphatic rings. The topological polar surface area (TPSA) is 72.8 Å². The lowest BCUT2D eigenvalue weighted by Crippen LogP contribution is -2.10. The number of benzene rings is 3. The molecule has 0 aliphatic carbocycles. The number of ether oxygens (including phenoxy) is 2. The molecule has 0 bridgehead atoms. The Bertz CT molecular complexity index is 1310. The largest absolute Gasteiger partial charge is 0.490 e. The van der Waals surface area contributed by atoms with E-state index in [1.165, 1.54) is 16.9 Å². The second kappa shape index (κ2) is 10.8. The normalized spacial score (nSPS) is 10.9. The van der Waals surface area contributed by atoms with Gasteiger partial charge in [-0.3, -0.25) is 5.43 Å². The molecule has 1 aromatic heterocycles. The van der Waals surface area contributed by atoms with Crippen molar-refractivity contribution in [1.29, 1.82) is 0 Å². The van der Waals surface area contributed by atoms with Crippen LogP contribution in [0.1, 0.15) is 34.0 Å². The van der Waals surface area contributed by atoms with Gasteiger partial charge in [0.2, 0.25) is 5.13 Å². The number of esters is 1. The summed E-state index contributed by atoms with van der Waals surface area (Å²) in [6, 6.07) is 20.8. The fourth-order valence-electron chi connectivity index (χ4n) is 3.23. The molecule has 0 radical (unpaired) electrons. The van der Waals surface area contributed by atoms with Crippen LogP contribution in [0.15, 0.2) is 77.2 Å². The molecule has 1 N–H and O–H groups in total. The molecule has 4 aromatic rings. The van der Waals surface area contributed by atoms with E-state index in [-0.39, 0.29) is 0 Å². The number of nitrogens with one attached hydrogen (secondary N) is 1. The maximum atomic E-state index is 12.5. The first kappa shape index (κ1) is 23.2. The van der Waals surface area contributed by atoms with E-state index in [0.717, 1.165) is 22.4 Å². The number of hydrogen-bond donors (Lipinski definition) is 1. The smallest absolute Gasteiger partial charge is 0.343 e. The van der Waals surface area contributed by atoms with Gasteiger partial charge in [0.25, 0.3) is 0 Å². The third-order valence-electron chi connectivity index (χ3n) is 4.95. The summed E-state index contributed by atoms with van der Waals surface area (Å²) in [7, 11) is 0. The molecule has 0 fully saturated rings. The number of aromatic nitrogens is 1. The first-order chi connectivity index (χ1) is 16.5. The summed E-state index contributed by atoms with van der Waals surface area (Å²) >= 11 is 1.48. The van der Waals surface area contributed by atoms with Crippen molar-refractivity contribution >= 4 is 28.7 Å². The van der Waals surface area contributed by atoms with E-state index < -0.39 is 5.97 Å². The second-order valence-corrected chi connectivity index (χ2v) is 8.53.